The Labute approximate surface area is 212 Å². The molecule has 0 saturated carbocycles. The van der Waals surface area contributed by atoms with E-state index in [0.29, 0.717) is 18.4 Å². The molecule has 36 heavy (non-hydrogen) atoms. The van der Waals surface area contributed by atoms with Gasteiger partial charge in [0.05, 0.1) is 29.9 Å². The lowest BCUT2D eigenvalue weighted by molar-refractivity contribution is -0.140. The van der Waals surface area contributed by atoms with Crippen molar-refractivity contribution in [3.05, 3.63) is 71.0 Å². The maximum Gasteiger partial charge on any atom is 0.305 e. The van der Waals surface area contributed by atoms with Gasteiger partial charge in [-0.25, -0.2) is 4.68 Å². The molecule has 1 N–H and O–H groups in total. The highest BCUT2D eigenvalue weighted by molar-refractivity contribution is 6.06. The van der Waals surface area contributed by atoms with Gasteiger partial charge in [0.1, 0.15) is 0 Å². The van der Waals surface area contributed by atoms with Gasteiger partial charge in [0.2, 0.25) is 0 Å². The lowest BCUT2D eigenvalue weighted by Gasteiger charge is -2.36. The number of ether oxygens (including phenoxy) is 1. The first-order valence-electron chi connectivity index (χ1n) is 12.5. The standard InChI is InChI=1S/C28H35N5O3/c1-5-31-16-18-32(19-17-31)26-9-7-6-8-25(26)29-28(35)22-10-12-23(13-11-22)33-21(3)24(20(2)30-33)14-15-27(34)36-4/h6-13H,5,14-19H2,1-4H3,(H,29,35). The van der Waals surface area contributed by atoms with Crippen LogP contribution in [-0.2, 0) is 16.0 Å². The molecule has 0 unspecified atom stereocenters. The molecule has 2 aromatic carbocycles. The first-order chi connectivity index (χ1) is 17.4. The second-order valence-corrected chi connectivity index (χ2v) is 9.08. The van der Waals surface area contributed by atoms with Crippen LogP contribution in [0, 0.1) is 13.8 Å². The van der Waals surface area contributed by atoms with Gasteiger partial charge in [0.15, 0.2) is 0 Å². The van der Waals surface area contributed by atoms with Gasteiger partial charge in [-0.2, -0.15) is 5.10 Å². The number of anilines is 2. The number of aromatic nitrogens is 2. The number of carbonyl (C=O) groups excluding carboxylic acids is 2. The van der Waals surface area contributed by atoms with E-state index < -0.39 is 0 Å². The van der Waals surface area contributed by atoms with E-state index in [1.807, 2.05) is 61.0 Å². The molecular formula is C28H35N5O3. The molecule has 1 saturated heterocycles. The fourth-order valence-electron chi connectivity index (χ4n) is 4.73. The lowest BCUT2D eigenvalue weighted by atomic mass is 10.1. The molecule has 0 radical (unpaired) electrons. The van der Waals surface area contributed by atoms with Gasteiger partial charge in [0, 0.05) is 43.9 Å². The number of benzene rings is 2. The molecule has 0 spiro atoms. The molecule has 4 rings (SSSR count). The molecule has 1 amide bonds. The molecule has 8 heteroatoms. The van der Waals surface area contributed by atoms with E-state index in [0.717, 1.165) is 66.7 Å². The number of hydrogen-bond acceptors (Lipinski definition) is 6. The highest BCUT2D eigenvalue weighted by Gasteiger charge is 2.19. The Balaban J connectivity index is 1.46. The SMILES string of the molecule is CCN1CCN(c2ccccc2NC(=O)c2ccc(-n3nc(C)c(CCC(=O)OC)c3C)cc2)CC1. The fraction of sp³-hybridized carbons (Fsp3) is 0.393. The highest BCUT2D eigenvalue weighted by Crippen LogP contribution is 2.27. The zero-order valence-electron chi connectivity index (χ0n) is 21.6. The van der Waals surface area contributed by atoms with E-state index in [4.69, 9.17) is 4.74 Å². The first-order valence-corrected chi connectivity index (χ1v) is 12.5. The summed E-state index contributed by atoms with van der Waals surface area (Å²) in [5.41, 5.74) is 6.23. The molecule has 3 aromatic rings. The number of likely N-dealkylation sites (N-methyl/N-ethyl adjacent to an activating group) is 1. The average molecular weight is 490 g/mol. The molecule has 190 valence electrons. The van der Waals surface area contributed by atoms with E-state index in [1.165, 1.54) is 7.11 Å². The van der Waals surface area contributed by atoms with E-state index in [-0.39, 0.29) is 11.9 Å². The van der Waals surface area contributed by atoms with E-state index in [2.05, 4.69) is 33.2 Å². The molecule has 8 nitrogen and oxygen atoms in total. The highest BCUT2D eigenvalue weighted by atomic mass is 16.5. The van der Waals surface area contributed by atoms with Crippen LogP contribution in [-0.4, -0.2) is 66.4 Å². The minimum atomic E-state index is -0.235. The third-order valence-electron chi connectivity index (χ3n) is 6.93. The van der Waals surface area contributed by atoms with Crippen molar-refractivity contribution in [1.29, 1.82) is 0 Å². The Morgan fingerprint density at radius 3 is 2.36 bits per heavy atom. The van der Waals surface area contributed by atoms with Crippen LogP contribution >= 0.6 is 0 Å². The molecule has 1 fully saturated rings. The largest absolute Gasteiger partial charge is 0.469 e. The molecule has 1 aliphatic rings. The smallest absolute Gasteiger partial charge is 0.305 e. The van der Waals surface area contributed by atoms with Gasteiger partial charge in [-0.3, -0.25) is 9.59 Å². The maximum atomic E-state index is 13.1. The summed E-state index contributed by atoms with van der Waals surface area (Å²) in [6, 6.07) is 15.4. The number of nitrogens with one attached hydrogen (secondary N) is 1. The fourth-order valence-corrected chi connectivity index (χ4v) is 4.73. The minimum Gasteiger partial charge on any atom is -0.469 e. The van der Waals surface area contributed by atoms with E-state index >= 15 is 0 Å². The van der Waals surface area contributed by atoms with Crippen molar-refractivity contribution in [2.45, 2.75) is 33.6 Å². The summed E-state index contributed by atoms with van der Waals surface area (Å²) in [6.07, 6.45) is 0.899. The Bertz CT molecular complexity index is 1210. The van der Waals surface area contributed by atoms with Crippen LogP contribution in [0.5, 0.6) is 0 Å². The van der Waals surface area contributed by atoms with Gasteiger partial charge >= 0.3 is 5.97 Å². The van der Waals surface area contributed by atoms with Crippen molar-refractivity contribution < 1.29 is 14.3 Å². The predicted octanol–water partition coefficient (Wildman–Crippen LogP) is 3.99. The third-order valence-corrected chi connectivity index (χ3v) is 6.93. The average Bonchev–Trinajstić information content (AvgIpc) is 3.20. The second-order valence-electron chi connectivity index (χ2n) is 9.08. The van der Waals surface area contributed by atoms with Crippen molar-refractivity contribution >= 4 is 23.3 Å². The molecule has 1 aliphatic heterocycles. The normalized spacial score (nSPS) is 14.1. The topological polar surface area (TPSA) is 79.7 Å². The van der Waals surface area contributed by atoms with Crippen molar-refractivity contribution in [2.75, 3.05) is 50.1 Å². The van der Waals surface area contributed by atoms with Crippen LogP contribution in [0.4, 0.5) is 11.4 Å². The van der Waals surface area contributed by atoms with Crippen LogP contribution in [0.2, 0.25) is 0 Å². The summed E-state index contributed by atoms with van der Waals surface area (Å²) in [5.74, 6) is -0.380. The summed E-state index contributed by atoms with van der Waals surface area (Å²) in [7, 11) is 1.40. The van der Waals surface area contributed by atoms with Crippen molar-refractivity contribution in [2.24, 2.45) is 0 Å². The number of carbonyl (C=O) groups is 2. The molecular weight excluding hydrogens is 454 g/mol. The predicted molar refractivity (Wildman–Crippen MR) is 142 cm³/mol. The zero-order valence-corrected chi connectivity index (χ0v) is 21.6. The molecule has 0 bridgehead atoms. The molecule has 0 aliphatic carbocycles. The number of hydrogen-bond donors (Lipinski definition) is 1. The van der Waals surface area contributed by atoms with Gasteiger partial charge in [-0.1, -0.05) is 19.1 Å². The number of esters is 1. The Morgan fingerprint density at radius 2 is 1.69 bits per heavy atom. The number of para-hydroxylation sites is 2. The number of methoxy groups -OCH3 is 1. The van der Waals surface area contributed by atoms with Crippen LogP contribution in [0.25, 0.3) is 5.69 Å². The van der Waals surface area contributed by atoms with Gasteiger partial charge in [0.25, 0.3) is 5.91 Å². The van der Waals surface area contributed by atoms with Gasteiger partial charge < -0.3 is 19.9 Å². The summed E-state index contributed by atoms with van der Waals surface area (Å²) < 4.78 is 6.62. The van der Waals surface area contributed by atoms with Crippen LogP contribution in [0.3, 0.4) is 0 Å². The second kappa shape index (κ2) is 11.4. The number of amides is 1. The van der Waals surface area contributed by atoms with Crippen molar-refractivity contribution in [1.82, 2.24) is 14.7 Å². The van der Waals surface area contributed by atoms with E-state index in [9.17, 15) is 9.59 Å². The Kier molecular flexibility index (Phi) is 8.05. The molecule has 2 heterocycles. The quantitative estimate of drug-likeness (QED) is 0.482. The third kappa shape index (κ3) is 5.60. The number of piperazine rings is 1. The monoisotopic (exact) mass is 489 g/mol. The number of aryl methyl sites for hydroxylation is 1. The first kappa shape index (κ1) is 25.4. The summed E-state index contributed by atoms with van der Waals surface area (Å²) >= 11 is 0. The Hall–Kier alpha value is -3.65. The summed E-state index contributed by atoms with van der Waals surface area (Å²) in [5, 5.41) is 7.76. The van der Waals surface area contributed by atoms with Gasteiger partial charge in [-0.05, 0) is 68.8 Å². The number of rotatable bonds is 8. The summed E-state index contributed by atoms with van der Waals surface area (Å²) in [4.78, 5) is 29.4. The van der Waals surface area contributed by atoms with Crippen molar-refractivity contribution in [3.63, 3.8) is 0 Å². The number of nitrogens with zero attached hydrogens (tertiary/aromatic N) is 4. The van der Waals surface area contributed by atoms with Crippen LogP contribution < -0.4 is 10.2 Å². The van der Waals surface area contributed by atoms with Crippen LogP contribution in [0.1, 0.15) is 40.7 Å². The van der Waals surface area contributed by atoms with Crippen LogP contribution in [0.15, 0.2) is 48.5 Å². The zero-order chi connectivity index (χ0) is 25.7. The Morgan fingerprint density at radius 1 is 1.00 bits per heavy atom. The maximum absolute atomic E-state index is 13.1. The minimum absolute atomic E-state index is 0.145. The van der Waals surface area contributed by atoms with Gasteiger partial charge in [-0.15, -0.1) is 0 Å². The molecule has 0 atom stereocenters. The van der Waals surface area contributed by atoms with E-state index in [1.54, 1.807) is 0 Å². The lowest BCUT2D eigenvalue weighted by Crippen LogP contribution is -2.46. The molecule has 1 aromatic heterocycles. The summed E-state index contributed by atoms with van der Waals surface area (Å²) in [6.45, 7) is 11.1. The van der Waals surface area contributed by atoms with Crippen molar-refractivity contribution in [3.8, 4) is 5.69 Å².